The van der Waals surface area contributed by atoms with Crippen LogP contribution in [-0.4, -0.2) is 43.2 Å². The molecule has 0 radical (unpaired) electrons. The Morgan fingerprint density at radius 1 is 1.53 bits per heavy atom. The Kier molecular flexibility index (Phi) is 4.17. The molecular weight excluding hydrogens is 258 g/mol. The number of fused-ring (bicyclic) bond motifs is 1. The third kappa shape index (κ3) is 2.70. The van der Waals surface area contributed by atoms with Gasteiger partial charge in [0.05, 0.1) is 12.3 Å². The van der Waals surface area contributed by atoms with Crippen molar-refractivity contribution in [2.75, 3.05) is 33.3 Å². The average molecular weight is 281 g/mol. The normalized spacial score (nSPS) is 28.3. The zero-order chi connectivity index (χ0) is 13.2. The van der Waals surface area contributed by atoms with Crippen LogP contribution in [0.3, 0.4) is 0 Å². The molecule has 106 valence electrons. The van der Waals surface area contributed by atoms with Crippen LogP contribution in [-0.2, 0) is 11.2 Å². The van der Waals surface area contributed by atoms with E-state index in [1.54, 1.807) is 0 Å². The molecule has 0 amide bonds. The van der Waals surface area contributed by atoms with Gasteiger partial charge in [-0.05, 0) is 32.9 Å². The molecule has 1 fully saturated rings. The largest absolute Gasteiger partial charge is 0.368 e. The Bertz CT molecular complexity index is 434. The molecule has 1 aliphatic heterocycles. The van der Waals surface area contributed by atoms with E-state index in [1.165, 1.54) is 28.4 Å². The van der Waals surface area contributed by atoms with Crippen LogP contribution in [0.15, 0.2) is 0 Å². The first-order valence-corrected chi connectivity index (χ1v) is 8.14. The van der Waals surface area contributed by atoms with Crippen molar-refractivity contribution < 1.29 is 4.74 Å². The highest BCUT2D eigenvalue weighted by Crippen LogP contribution is 2.37. The van der Waals surface area contributed by atoms with E-state index in [9.17, 15) is 0 Å². The van der Waals surface area contributed by atoms with Crippen molar-refractivity contribution in [3.63, 3.8) is 0 Å². The summed E-state index contributed by atoms with van der Waals surface area (Å²) in [7, 11) is 2.05. The van der Waals surface area contributed by atoms with Crippen LogP contribution >= 0.6 is 11.3 Å². The fraction of sp³-hybridized carbons (Fsp3) is 0.786. The smallest absolute Gasteiger partial charge is 0.123 e. The first kappa shape index (κ1) is 13.5. The number of likely N-dealkylation sites (N-methyl/N-ethyl adjacent to an activating group) is 1. The summed E-state index contributed by atoms with van der Waals surface area (Å²) in [6.45, 7) is 6.19. The predicted octanol–water partition coefficient (Wildman–Crippen LogP) is 2.13. The van der Waals surface area contributed by atoms with Crippen molar-refractivity contribution in [3.8, 4) is 0 Å². The molecule has 0 spiro atoms. The van der Waals surface area contributed by atoms with Crippen LogP contribution in [0.1, 0.15) is 47.5 Å². The van der Waals surface area contributed by atoms with Crippen LogP contribution in [0.2, 0.25) is 0 Å². The second kappa shape index (κ2) is 5.87. The van der Waals surface area contributed by atoms with Crippen molar-refractivity contribution in [1.82, 2.24) is 15.2 Å². The molecule has 0 bridgehead atoms. The van der Waals surface area contributed by atoms with Crippen LogP contribution in [0.4, 0.5) is 0 Å². The number of nitrogens with one attached hydrogen (secondary N) is 1. The monoisotopic (exact) mass is 281 g/mol. The summed E-state index contributed by atoms with van der Waals surface area (Å²) in [5.41, 5.74) is 1.31. The maximum atomic E-state index is 5.93. The summed E-state index contributed by atoms with van der Waals surface area (Å²) in [5.74, 6) is 0. The minimum Gasteiger partial charge on any atom is -0.368 e. The summed E-state index contributed by atoms with van der Waals surface area (Å²) < 4.78 is 5.93. The van der Waals surface area contributed by atoms with Crippen molar-refractivity contribution in [2.45, 2.75) is 38.3 Å². The number of aryl methyl sites for hydroxylation is 1. The van der Waals surface area contributed by atoms with E-state index < -0.39 is 0 Å². The Labute approximate surface area is 119 Å². The molecule has 5 heteroatoms. The molecule has 19 heavy (non-hydrogen) atoms. The van der Waals surface area contributed by atoms with E-state index in [0.717, 1.165) is 32.7 Å². The highest BCUT2D eigenvalue weighted by atomic mass is 32.1. The third-order valence-corrected chi connectivity index (χ3v) is 5.49. The maximum absolute atomic E-state index is 5.93. The van der Waals surface area contributed by atoms with Gasteiger partial charge in [-0.15, -0.1) is 11.3 Å². The fourth-order valence-electron chi connectivity index (χ4n) is 2.99. The van der Waals surface area contributed by atoms with Crippen molar-refractivity contribution in [2.24, 2.45) is 0 Å². The Balaban J connectivity index is 1.80. The number of nitrogens with zero attached hydrogens (tertiary/aromatic N) is 2. The molecule has 2 aliphatic rings. The highest BCUT2D eigenvalue weighted by Gasteiger charge is 2.28. The molecule has 0 saturated carbocycles. The average Bonchev–Trinajstić information content (AvgIpc) is 2.91. The summed E-state index contributed by atoms with van der Waals surface area (Å²) in [5, 5.41) is 4.60. The van der Waals surface area contributed by atoms with Gasteiger partial charge in [-0.1, -0.05) is 6.92 Å². The maximum Gasteiger partial charge on any atom is 0.123 e. The van der Waals surface area contributed by atoms with Gasteiger partial charge in [-0.25, -0.2) is 4.98 Å². The summed E-state index contributed by atoms with van der Waals surface area (Å²) in [6, 6.07) is 0.501. The van der Waals surface area contributed by atoms with E-state index in [2.05, 4.69) is 24.2 Å². The number of ether oxygens (including phenoxy) is 1. The van der Waals surface area contributed by atoms with Gasteiger partial charge in [0.2, 0.25) is 0 Å². The first-order chi connectivity index (χ1) is 9.31. The summed E-state index contributed by atoms with van der Waals surface area (Å²) in [6.07, 6.45) is 3.79. The number of rotatable bonds is 3. The number of aromatic nitrogens is 1. The predicted molar refractivity (Wildman–Crippen MR) is 77.7 cm³/mol. The van der Waals surface area contributed by atoms with Crippen LogP contribution < -0.4 is 5.32 Å². The van der Waals surface area contributed by atoms with Crippen LogP contribution in [0, 0.1) is 0 Å². The van der Waals surface area contributed by atoms with E-state index in [1.807, 2.05) is 11.3 Å². The molecule has 2 unspecified atom stereocenters. The van der Waals surface area contributed by atoms with Crippen LogP contribution in [0.25, 0.3) is 0 Å². The minimum atomic E-state index is 0.182. The molecule has 1 N–H and O–H groups in total. The second-order valence-corrected chi connectivity index (χ2v) is 6.41. The number of thiazole rings is 1. The zero-order valence-corrected chi connectivity index (χ0v) is 12.6. The van der Waals surface area contributed by atoms with Crippen LogP contribution in [0.5, 0.6) is 0 Å². The SMILES string of the molecule is CCN1CCOC(c2nc3c(s2)C(NC)CCC3)C1. The number of hydrogen-bond acceptors (Lipinski definition) is 5. The van der Waals surface area contributed by atoms with E-state index >= 15 is 0 Å². The van der Waals surface area contributed by atoms with Crippen molar-refractivity contribution >= 4 is 11.3 Å². The van der Waals surface area contributed by atoms with Gasteiger partial charge in [-0.2, -0.15) is 0 Å². The third-order valence-electron chi connectivity index (χ3n) is 4.19. The molecule has 3 rings (SSSR count). The zero-order valence-electron chi connectivity index (χ0n) is 11.8. The van der Waals surface area contributed by atoms with E-state index in [-0.39, 0.29) is 6.10 Å². The van der Waals surface area contributed by atoms with Gasteiger partial charge in [0.25, 0.3) is 0 Å². The molecule has 1 aliphatic carbocycles. The molecule has 0 aromatic carbocycles. The lowest BCUT2D eigenvalue weighted by atomic mass is 9.98. The lowest BCUT2D eigenvalue weighted by Crippen LogP contribution is -2.38. The van der Waals surface area contributed by atoms with Gasteiger partial charge in [0, 0.05) is 24.0 Å². The molecular formula is C14H23N3OS. The van der Waals surface area contributed by atoms with Gasteiger partial charge in [-0.3, -0.25) is 4.90 Å². The fourth-order valence-corrected chi connectivity index (χ4v) is 4.29. The molecule has 1 saturated heterocycles. The Hall–Kier alpha value is -0.490. The summed E-state index contributed by atoms with van der Waals surface area (Å²) >= 11 is 1.86. The van der Waals surface area contributed by atoms with Gasteiger partial charge >= 0.3 is 0 Å². The van der Waals surface area contributed by atoms with Gasteiger partial charge in [0.1, 0.15) is 11.1 Å². The molecule has 1 aromatic heterocycles. The van der Waals surface area contributed by atoms with Gasteiger partial charge < -0.3 is 10.1 Å². The quantitative estimate of drug-likeness (QED) is 0.921. The second-order valence-electron chi connectivity index (χ2n) is 5.35. The highest BCUT2D eigenvalue weighted by molar-refractivity contribution is 7.11. The minimum absolute atomic E-state index is 0.182. The lowest BCUT2D eigenvalue weighted by Gasteiger charge is -2.30. The standard InChI is InChI=1S/C14H23N3OS/c1-3-17-7-8-18-12(9-17)14-16-11-6-4-5-10(15-2)13(11)19-14/h10,12,15H,3-9H2,1-2H3. The van der Waals surface area contributed by atoms with Crippen molar-refractivity contribution in [1.29, 1.82) is 0 Å². The summed E-state index contributed by atoms with van der Waals surface area (Å²) in [4.78, 5) is 8.76. The topological polar surface area (TPSA) is 37.4 Å². The first-order valence-electron chi connectivity index (χ1n) is 7.32. The van der Waals surface area contributed by atoms with Crippen molar-refractivity contribution in [3.05, 3.63) is 15.6 Å². The number of morpholine rings is 1. The lowest BCUT2D eigenvalue weighted by molar-refractivity contribution is -0.0283. The molecule has 1 aromatic rings. The Morgan fingerprint density at radius 2 is 2.42 bits per heavy atom. The Morgan fingerprint density at radius 3 is 3.21 bits per heavy atom. The number of hydrogen-bond donors (Lipinski definition) is 1. The molecule has 2 heterocycles. The molecule has 2 atom stereocenters. The molecule has 4 nitrogen and oxygen atoms in total. The van der Waals surface area contributed by atoms with E-state index in [0.29, 0.717) is 6.04 Å². The van der Waals surface area contributed by atoms with Gasteiger partial charge in [0.15, 0.2) is 0 Å². The van der Waals surface area contributed by atoms with E-state index in [4.69, 9.17) is 9.72 Å².